The Hall–Kier alpha value is -2.63. The van der Waals surface area contributed by atoms with Crippen molar-refractivity contribution in [3.8, 4) is 17.0 Å². The van der Waals surface area contributed by atoms with E-state index in [1.807, 2.05) is 31.3 Å². The largest absolute Gasteiger partial charge is 0.497 e. The van der Waals surface area contributed by atoms with Crippen molar-refractivity contribution in [2.45, 2.75) is 51.1 Å². The minimum absolute atomic E-state index is 0.0663. The monoisotopic (exact) mass is 369 g/mol. The maximum absolute atomic E-state index is 12.9. The summed E-state index contributed by atoms with van der Waals surface area (Å²) in [6.45, 7) is 1.74. The third kappa shape index (κ3) is 4.21. The van der Waals surface area contributed by atoms with Crippen molar-refractivity contribution >= 4 is 5.91 Å². The highest BCUT2D eigenvalue weighted by Gasteiger charge is 2.27. The van der Waals surface area contributed by atoms with Gasteiger partial charge in [0, 0.05) is 24.7 Å². The van der Waals surface area contributed by atoms with Crippen LogP contribution in [0, 0.1) is 0 Å². The lowest BCUT2D eigenvalue weighted by Crippen LogP contribution is -2.43. The van der Waals surface area contributed by atoms with Crippen LogP contribution in [-0.2, 0) is 4.79 Å². The summed E-state index contributed by atoms with van der Waals surface area (Å²) in [4.78, 5) is 27.1. The van der Waals surface area contributed by atoms with Gasteiger partial charge in [-0.3, -0.25) is 9.59 Å². The van der Waals surface area contributed by atoms with E-state index in [0.717, 1.165) is 37.0 Å². The Morgan fingerprint density at radius 2 is 1.81 bits per heavy atom. The van der Waals surface area contributed by atoms with Crippen LogP contribution in [0.5, 0.6) is 5.75 Å². The lowest BCUT2D eigenvalue weighted by molar-refractivity contribution is -0.136. The molecule has 1 aliphatic carbocycles. The number of hydrogen-bond donors (Lipinski definition) is 0. The fraction of sp³-hybridized carbons (Fsp3) is 0.476. The van der Waals surface area contributed by atoms with E-state index in [1.165, 1.54) is 17.2 Å². The Morgan fingerprint density at radius 3 is 2.44 bits per heavy atom. The van der Waals surface area contributed by atoms with Crippen LogP contribution in [-0.4, -0.2) is 40.8 Å². The molecule has 27 heavy (non-hydrogen) atoms. The van der Waals surface area contributed by atoms with Gasteiger partial charge in [0.25, 0.3) is 5.56 Å². The highest BCUT2D eigenvalue weighted by atomic mass is 16.5. The number of carbonyl (C=O) groups is 1. The highest BCUT2D eigenvalue weighted by molar-refractivity contribution is 5.80. The molecule has 2 aromatic rings. The predicted octanol–water partition coefficient (Wildman–Crippen LogP) is 3.27. The number of benzene rings is 1. The molecule has 6 nitrogen and oxygen atoms in total. The molecule has 0 N–H and O–H groups in total. The first-order valence-electron chi connectivity index (χ1n) is 9.52. The molecule has 144 valence electrons. The van der Waals surface area contributed by atoms with E-state index in [2.05, 4.69) is 5.10 Å². The Labute approximate surface area is 159 Å². The van der Waals surface area contributed by atoms with E-state index in [-0.39, 0.29) is 17.5 Å². The van der Waals surface area contributed by atoms with Crippen LogP contribution in [0.15, 0.2) is 41.2 Å². The third-order valence-corrected chi connectivity index (χ3v) is 5.41. The molecular formula is C21H27N3O3. The van der Waals surface area contributed by atoms with Gasteiger partial charge in [0.05, 0.1) is 12.8 Å². The highest BCUT2D eigenvalue weighted by Crippen LogP contribution is 2.24. The maximum Gasteiger partial charge on any atom is 0.267 e. The van der Waals surface area contributed by atoms with Gasteiger partial charge >= 0.3 is 0 Å². The molecule has 0 radical (unpaired) electrons. The zero-order chi connectivity index (χ0) is 19.4. The van der Waals surface area contributed by atoms with E-state index >= 15 is 0 Å². The molecule has 1 saturated carbocycles. The van der Waals surface area contributed by atoms with Crippen LogP contribution in [0.2, 0.25) is 0 Å². The van der Waals surface area contributed by atoms with Crippen molar-refractivity contribution in [1.82, 2.24) is 14.7 Å². The molecule has 1 heterocycles. The molecule has 0 aliphatic heterocycles. The van der Waals surface area contributed by atoms with Crippen molar-refractivity contribution in [3.05, 3.63) is 46.8 Å². The molecule has 0 bridgehead atoms. The molecule has 6 heteroatoms. The van der Waals surface area contributed by atoms with Gasteiger partial charge in [-0.05, 0) is 50.1 Å². The van der Waals surface area contributed by atoms with Gasteiger partial charge in [-0.25, -0.2) is 4.68 Å². The second-order valence-corrected chi connectivity index (χ2v) is 7.15. The quantitative estimate of drug-likeness (QED) is 0.811. The normalized spacial score (nSPS) is 16.0. The van der Waals surface area contributed by atoms with E-state index < -0.39 is 6.04 Å². The van der Waals surface area contributed by atoms with E-state index in [9.17, 15) is 9.59 Å². The fourth-order valence-corrected chi connectivity index (χ4v) is 3.67. The molecule has 3 rings (SSSR count). The van der Waals surface area contributed by atoms with Crippen LogP contribution in [0.1, 0.15) is 45.1 Å². The summed E-state index contributed by atoms with van der Waals surface area (Å²) in [5.41, 5.74) is 1.24. The van der Waals surface area contributed by atoms with Crippen LogP contribution < -0.4 is 10.3 Å². The maximum atomic E-state index is 12.9. The molecule has 1 aliphatic rings. The lowest BCUT2D eigenvalue weighted by Gasteiger charge is -2.33. The first-order valence-corrected chi connectivity index (χ1v) is 9.52. The zero-order valence-electron chi connectivity index (χ0n) is 16.2. The van der Waals surface area contributed by atoms with Gasteiger partial charge in [0.2, 0.25) is 5.91 Å². The Balaban J connectivity index is 1.84. The summed E-state index contributed by atoms with van der Waals surface area (Å²) in [5.74, 6) is 0.688. The average molecular weight is 369 g/mol. The molecule has 0 saturated heterocycles. The second kappa shape index (κ2) is 8.37. The molecule has 1 aromatic heterocycles. The Morgan fingerprint density at radius 1 is 1.15 bits per heavy atom. The van der Waals surface area contributed by atoms with Crippen LogP contribution in [0.25, 0.3) is 11.3 Å². The van der Waals surface area contributed by atoms with Crippen LogP contribution >= 0.6 is 0 Å². The topological polar surface area (TPSA) is 64.4 Å². The predicted molar refractivity (Wildman–Crippen MR) is 105 cm³/mol. The van der Waals surface area contributed by atoms with Crippen molar-refractivity contribution in [2.75, 3.05) is 14.2 Å². The number of methoxy groups -OCH3 is 1. The fourth-order valence-electron chi connectivity index (χ4n) is 3.67. The van der Waals surface area contributed by atoms with Crippen molar-refractivity contribution in [2.24, 2.45) is 0 Å². The van der Waals surface area contributed by atoms with E-state index in [4.69, 9.17) is 4.74 Å². The first kappa shape index (κ1) is 19.1. The number of nitrogens with zero attached hydrogens (tertiary/aromatic N) is 3. The summed E-state index contributed by atoms with van der Waals surface area (Å²) < 4.78 is 6.47. The molecular weight excluding hydrogens is 342 g/mol. The average Bonchev–Trinajstić information content (AvgIpc) is 2.73. The second-order valence-electron chi connectivity index (χ2n) is 7.15. The van der Waals surface area contributed by atoms with E-state index in [0.29, 0.717) is 5.69 Å². The van der Waals surface area contributed by atoms with Gasteiger partial charge in [-0.15, -0.1) is 0 Å². The minimum Gasteiger partial charge on any atom is -0.497 e. The van der Waals surface area contributed by atoms with Crippen molar-refractivity contribution < 1.29 is 9.53 Å². The number of hydrogen-bond acceptors (Lipinski definition) is 4. The molecule has 1 atom stereocenters. The summed E-state index contributed by atoms with van der Waals surface area (Å²) in [7, 11) is 3.46. The minimum atomic E-state index is -0.636. The molecule has 1 aromatic carbocycles. The molecule has 0 spiro atoms. The number of rotatable bonds is 5. The zero-order valence-corrected chi connectivity index (χ0v) is 16.2. The number of amides is 1. The number of likely N-dealkylation sites (N-methyl/N-ethyl adjacent to an activating group) is 1. The van der Waals surface area contributed by atoms with Gasteiger partial charge in [-0.2, -0.15) is 5.10 Å². The van der Waals surface area contributed by atoms with Crippen molar-refractivity contribution in [1.29, 1.82) is 0 Å². The number of ether oxygens (including phenoxy) is 1. The van der Waals surface area contributed by atoms with Gasteiger partial charge in [-0.1, -0.05) is 19.3 Å². The summed E-state index contributed by atoms with van der Waals surface area (Å²) in [6, 6.07) is 10.2. The Bertz CT molecular complexity index is 838. The molecule has 1 fully saturated rings. The summed E-state index contributed by atoms with van der Waals surface area (Å²) in [6.07, 6.45) is 5.61. The SMILES string of the molecule is COc1ccc(-c2ccc(=O)n(C(C)C(=O)N(C)C3CCCCC3)n2)cc1. The van der Waals surface area contributed by atoms with Gasteiger partial charge in [0.1, 0.15) is 11.8 Å². The standard InChI is InChI=1S/C21H27N3O3/c1-15(21(26)23(2)17-7-5-4-6-8-17)24-20(25)14-13-19(22-24)16-9-11-18(27-3)12-10-16/h9-15,17H,4-8H2,1-3H3. The van der Waals surface area contributed by atoms with Crippen LogP contribution in [0.4, 0.5) is 0 Å². The van der Waals surface area contributed by atoms with Gasteiger partial charge in [0.15, 0.2) is 0 Å². The molecule has 1 amide bonds. The summed E-state index contributed by atoms with van der Waals surface area (Å²) >= 11 is 0. The van der Waals surface area contributed by atoms with Gasteiger partial charge < -0.3 is 9.64 Å². The van der Waals surface area contributed by atoms with E-state index in [1.54, 1.807) is 25.0 Å². The Kier molecular flexibility index (Phi) is 5.94. The summed E-state index contributed by atoms with van der Waals surface area (Å²) in [5, 5.41) is 4.46. The van der Waals surface area contributed by atoms with Crippen molar-refractivity contribution in [3.63, 3.8) is 0 Å². The van der Waals surface area contributed by atoms with Crippen LogP contribution in [0.3, 0.4) is 0 Å². The third-order valence-electron chi connectivity index (χ3n) is 5.41. The lowest BCUT2D eigenvalue weighted by atomic mass is 9.94. The number of carbonyl (C=O) groups excluding carboxylic acids is 1. The smallest absolute Gasteiger partial charge is 0.267 e. The first-order chi connectivity index (χ1) is 13.0. The molecule has 1 unspecified atom stereocenters. The number of aromatic nitrogens is 2.